The third kappa shape index (κ3) is 8.17. The monoisotopic (exact) mass is 564 g/mol. The summed E-state index contributed by atoms with van der Waals surface area (Å²) in [6.07, 6.45) is 5.66. The van der Waals surface area contributed by atoms with Gasteiger partial charge in [-0.1, -0.05) is 23.2 Å². The second kappa shape index (κ2) is 13.0. The van der Waals surface area contributed by atoms with E-state index in [9.17, 15) is 24.3 Å². The molecule has 10 nitrogen and oxygen atoms in total. The molecule has 0 radical (unpaired) electrons. The molecule has 0 saturated carbocycles. The number of carboxylic acids is 1. The molecule has 0 bridgehead atoms. The van der Waals surface area contributed by atoms with Gasteiger partial charge in [-0.25, -0.2) is 9.78 Å². The van der Waals surface area contributed by atoms with E-state index in [1.54, 1.807) is 19.1 Å². The summed E-state index contributed by atoms with van der Waals surface area (Å²) in [4.78, 5) is 52.9. The van der Waals surface area contributed by atoms with Crippen molar-refractivity contribution >= 4 is 64.3 Å². The van der Waals surface area contributed by atoms with Crippen molar-refractivity contribution < 1.29 is 28.7 Å². The second-order valence-corrected chi connectivity index (χ2v) is 9.70. The fraction of sp³-hybridized carbons (Fsp3) is 0.208. The smallest absolute Gasteiger partial charge is 0.326 e. The number of nitrogens with one attached hydrogen (secondary N) is 3. The molecule has 194 valence electrons. The molecular formula is C24H22Cl2N4O6S. The van der Waals surface area contributed by atoms with Crippen LogP contribution in [-0.2, 0) is 16.1 Å². The Morgan fingerprint density at radius 1 is 1.16 bits per heavy atom. The molecule has 37 heavy (non-hydrogen) atoms. The van der Waals surface area contributed by atoms with Crippen LogP contribution in [0.5, 0.6) is 0 Å². The Kier molecular flexibility index (Phi) is 9.84. The third-order valence-electron chi connectivity index (χ3n) is 4.90. The molecular weight excluding hydrogens is 543 g/mol. The molecule has 3 amide bonds. The second-order valence-electron chi connectivity index (χ2n) is 7.65. The number of carboxylic acid groups (broad SMARTS) is 1. The Balaban J connectivity index is 1.56. The van der Waals surface area contributed by atoms with Crippen molar-refractivity contribution in [2.45, 2.75) is 25.9 Å². The van der Waals surface area contributed by atoms with Gasteiger partial charge in [0, 0.05) is 19.2 Å². The van der Waals surface area contributed by atoms with Gasteiger partial charge < -0.3 is 25.5 Å². The zero-order chi connectivity index (χ0) is 26.9. The summed E-state index contributed by atoms with van der Waals surface area (Å²) in [5, 5.41) is 17.8. The van der Waals surface area contributed by atoms with Gasteiger partial charge in [0.05, 0.1) is 33.1 Å². The zero-order valence-electron chi connectivity index (χ0n) is 19.4. The van der Waals surface area contributed by atoms with Gasteiger partial charge in [-0.05, 0) is 49.2 Å². The lowest BCUT2D eigenvalue weighted by Gasteiger charge is -2.16. The first-order valence-corrected chi connectivity index (χ1v) is 12.4. The maximum Gasteiger partial charge on any atom is 0.326 e. The molecule has 0 fully saturated rings. The quantitative estimate of drug-likeness (QED) is 0.259. The van der Waals surface area contributed by atoms with Crippen molar-refractivity contribution in [3.05, 3.63) is 79.6 Å². The Morgan fingerprint density at radius 2 is 1.89 bits per heavy atom. The summed E-state index contributed by atoms with van der Waals surface area (Å²) in [6.45, 7) is 1.85. The molecule has 3 aromatic rings. The van der Waals surface area contributed by atoms with Crippen LogP contribution in [0.15, 0.2) is 47.2 Å². The van der Waals surface area contributed by atoms with Crippen LogP contribution in [0.1, 0.15) is 42.8 Å². The number of nitrogens with zero attached hydrogens (tertiary/aromatic N) is 1. The van der Waals surface area contributed by atoms with Crippen molar-refractivity contribution in [2.24, 2.45) is 0 Å². The minimum Gasteiger partial charge on any atom is -0.480 e. The van der Waals surface area contributed by atoms with E-state index in [1.165, 1.54) is 48.1 Å². The van der Waals surface area contributed by atoms with Crippen LogP contribution in [0.4, 0.5) is 0 Å². The van der Waals surface area contributed by atoms with Crippen LogP contribution in [0.2, 0.25) is 10.0 Å². The number of halogens is 2. The lowest BCUT2D eigenvalue weighted by atomic mass is 10.1. The van der Waals surface area contributed by atoms with Gasteiger partial charge >= 0.3 is 5.97 Å². The molecule has 13 heteroatoms. The van der Waals surface area contributed by atoms with Gasteiger partial charge in [-0.2, -0.15) is 0 Å². The zero-order valence-corrected chi connectivity index (χ0v) is 21.7. The van der Waals surface area contributed by atoms with E-state index in [0.29, 0.717) is 16.2 Å². The number of thiazole rings is 1. The molecule has 2 aromatic heterocycles. The number of benzene rings is 1. The van der Waals surface area contributed by atoms with Gasteiger partial charge in [0.25, 0.3) is 11.8 Å². The topological polar surface area (TPSA) is 151 Å². The van der Waals surface area contributed by atoms with E-state index >= 15 is 0 Å². The van der Waals surface area contributed by atoms with Crippen molar-refractivity contribution in [2.75, 3.05) is 6.54 Å². The van der Waals surface area contributed by atoms with E-state index in [-0.39, 0.29) is 46.9 Å². The number of hydrogen-bond acceptors (Lipinski definition) is 7. The summed E-state index contributed by atoms with van der Waals surface area (Å²) in [5.74, 6) is -2.32. The standard InChI is InChI=1S/C24H22Cl2N4O6S/c1-13-28-12-19(37-13)22(32)27-7-6-18(24(34)35)30-23(33)21-16(25)9-14(10-17(21)26)11-29-20(31)5-4-15-3-2-8-36-15/h2-5,8-10,12,18H,6-7,11H2,1H3,(H,27,32)(H,29,31)(H,30,33)(H,34,35)/b5-4+/t18-/m0/s1. The van der Waals surface area contributed by atoms with Crippen LogP contribution in [0, 0.1) is 6.92 Å². The van der Waals surface area contributed by atoms with Gasteiger partial charge in [0.15, 0.2) is 0 Å². The highest BCUT2D eigenvalue weighted by Crippen LogP contribution is 2.27. The van der Waals surface area contributed by atoms with E-state index in [4.69, 9.17) is 27.6 Å². The number of carbonyl (C=O) groups excluding carboxylic acids is 3. The highest BCUT2D eigenvalue weighted by molar-refractivity contribution is 7.13. The molecule has 0 unspecified atom stereocenters. The number of carbonyl (C=O) groups is 4. The minimum atomic E-state index is -1.30. The highest BCUT2D eigenvalue weighted by atomic mass is 35.5. The molecule has 4 N–H and O–H groups in total. The van der Waals surface area contributed by atoms with E-state index in [0.717, 1.165) is 5.01 Å². The number of aryl methyl sites for hydroxylation is 1. The Hall–Kier alpha value is -3.67. The van der Waals surface area contributed by atoms with E-state index in [1.807, 2.05) is 0 Å². The predicted molar refractivity (Wildman–Crippen MR) is 139 cm³/mol. The first kappa shape index (κ1) is 27.9. The number of furan rings is 1. The Labute approximate surface area is 225 Å². The van der Waals surface area contributed by atoms with Crippen LogP contribution < -0.4 is 16.0 Å². The molecule has 1 aromatic carbocycles. The number of amides is 3. The number of hydrogen-bond donors (Lipinski definition) is 4. The Morgan fingerprint density at radius 3 is 2.49 bits per heavy atom. The third-order valence-corrected chi connectivity index (χ3v) is 6.41. The number of aromatic nitrogens is 1. The van der Waals surface area contributed by atoms with Crippen molar-refractivity contribution in [3.63, 3.8) is 0 Å². The highest BCUT2D eigenvalue weighted by Gasteiger charge is 2.24. The molecule has 3 rings (SSSR count). The van der Waals surface area contributed by atoms with Crippen LogP contribution >= 0.6 is 34.5 Å². The summed E-state index contributed by atoms with van der Waals surface area (Å²) >= 11 is 13.7. The van der Waals surface area contributed by atoms with E-state index in [2.05, 4.69) is 20.9 Å². The van der Waals surface area contributed by atoms with Crippen LogP contribution in [0.3, 0.4) is 0 Å². The van der Waals surface area contributed by atoms with Crippen LogP contribution in [0.25, 0.3) is 6.08 Å². The molecule has 0 aliphatic carbocycles. The fourth-order valence-electron chi connectivity index (χ4n) is 3.11. The number of aliphatic carboxylic acids is 1. The minimum absolute atomic E-state index is 0.00148. The molecule has 0 aliphatic heterocycles. The first-order valence-electron chi connectivity index (χ1n) is 10.9. The summed E-state index contributed by atoms with van der Waals surface area (Å²) in [7, 11) is 0. The van der Waals surface area contributed by atoms with Crippen molar-refractivity contribution in [3.8, 4) is 0 Å². The summed E-state index contributed by atoms with van der Waals surface area (Å²) in [5.41, 5.74) is 0.425. The lowest BCUT2D eigenvalue weighted by molar-refractivity contribution is -0.139. The lowest BCUT2D eigenvalue weighted by Crippen LogP contribution is -2.43. The van der Waals surface area contributed by atoms with Crippen LogP contribution in [-0.4, -0.2) is 46.4 Å². The predicted octanol–water partition coefficient (Wildman–Crippen LogP) is 3.68. The molecule has 0 aliphatic rings. The largest absolute Gasteiger partial charge is 0.480 e. The van der Waals surface area contributed by atoms with Crippen molar-refractivity contribution in [1.29, 1.82) is 0 Å². The average Bonchev–Trinajstić information content (AvgIpc) is 3.52. The van der Waals surface area contributed by atoms with Gasteiger partial charge in [-0.15, -0.1) is 11.3 Å². The van der Waals surface area contributed by atoms with Gasteiger partial charge in [-0.3, -0.25) is 14.4 Å². The van der Waals surface area contributed by atoms with Gasteiger partial charge in [0.2, 0.25) is 5.91 Å². The summed E-state index contributed by atoms with van der Waals surface area (Å²) < 4.78 is 5.11. The molecule has 0 saturated heterocycles. The summed E-state index contributed by atoms with van der Waals surface area (Å²) in [6, 6.07) is 4.99. The maximum absolute atomic E-state index is 12.8. The SMILES string of the molecule is Cc1ncc(C(=O)NCC[C@H](NC(=O)c2c(Cl)cc(CNC(=O)/C=C/c3ccco3)cc2Cl)C(=O)O)s1. The fourth-order valence-corrected chi connectivity index (χ4v) is 4.51. The molecule has 0 spiro atoms. The molecule has 2 heterocycles. The molecule has 1 atom stereocenters. The van der Waals surface area contributed by atoms with E-state index < -0.39 is 17.9 Å². The van der Waals surface area contributed by atoms with Gasteiger partial charge in [0.1, 0.15) is 16.7 Å². The average molecular weight is 565 g/mol. The normalized spacial score (nSPS) is 11.8. The first-order chi connectivity index (χ1) is 17.6. The van der Waals surface area contributed by atoms with Crippen molar-refractivity contribution in [1.82, 2.24) is 20.9 Å². The maximum atomic E-state index is 12.8. The Bertz CT molecular complexity index is 1300. The number of rotatable bonds is 11.